The van der Waals surface area contributed by atoms with Crippen molar-refractivity contribution < 1.29 is 24.3 Å². The van der Waals surface area contributed by atoms with Crippen molar-refractivity contribution in [3.05, 3.63) is 0 Å². The smallest absolute Gasteiger partial charge is 0.325 e. The van der Waals surface area contributed by atoms with E-state index >= 15 is 0 Å². The second kappa shape index (κ2) is 9.36. The van der Waals surface area contributed by atoms with Gasteiger partial charge in [0.2, 0.25) is 17.7 Å². The van der Waals surface area contributed by atoms with Crippen LogP contribution in [0.25, 0.3) is 0 Å². The molecule has 5 N–H and O–H groups in total. The van der Waals surface area contributed by atoms with Gasteiger partial charge in [-0.15, -0.1) is 0 Å². The molecule has 1 heterocycles. The van der Waals surface area contributed by atoms with Crippen molar-refractivity contribution in [3.8, 4) is 0 Å². The first-order valence-corrected chi connectivity index (χ1v) is 7.93. The van der Waals surface area contributed by atoms with Crippen LogP contribution in [0.2, 0.25) is 0 Å². The van der Waals surface area contributed by atoms with E-state index in [0.717, 1.165) is 13.0 Å². The van der Waals surface area contributed by atoms with Crippen LogP contribution in [-0.4, -0.2) is 65.8 Å². The van der Waals surface area contributed by atoms with E-state index in [1.54, 1.807) is 0 Å². The minimum Gasteiger partial charge on any atom is -0.480 e. The van der Waals surface area contributed by atoms with Gasteiger partial charge in [0.05, 0.1) is 12.6 Å². The molecule has 0 aliphatic carbocycles. The minimum atomic E-state index is -1.17. The van der Waals surface area contributed by atoms with E-state index in [1.165, 1.54) is 6.92 Å². The zero-order chi connectivity index (χ0) is 17.4. The lowest BCUT2D eigenvalue weighted by molar-refractivity contribution is -0.141. The predicted octanol–water partition coefficient (Wildman–Crippen LogP) is -2.14. The number of carboxylic acid groups (broad SMARTS) is 1. The minimum absolute atomic E-state index is 0.0808. The number of hydrogen-bond donors (Lipinski definition) is 6. The first-order chi connectivity index (χ1) is 10.8. The van der Waals surface area contributed by atoms with Crippen LogP contribution < -0.4 is 21.3 Å². The van der Waals surface area contributed by atoms with Crippen LogP contribution >= 0.6 is 12.6 Å². The summed E-state index contributed by atoms with van der Waals surface area (Å²) >= 11 is 4.03. The molecule has 0 aromatic carbocycles. The third-order valence-corrected chi connectivity index (χ3v) is 3.73. The molecule has 0 bridgehead atoms. The van der Waals surface area contributed by atoms with Gasteiger partial charge in [-0.25, -0.2) is 0 Å². The zero-order valence-electron chi connectivity index (χ0n) is 12.8. The molecule has 1 fully saturated rings. The molecule has 1 saturated heterocycles. The van der Waals surface area contributed by atoms with Crippen LogP contribution in [-0.2, 0) is 19.2 Å². The number of rotatable bonds is 8. The summed E-state index contributed by atoms with van der Waals surface area (Å²) in [4.78, 5) is 46.0. The van der Waals surface area contributed by atoms with Gasteiger partial charge in [-0.2, -0.15) is 12.6 Å². The number of hydrogen-bond acceptors (Lipinski definition) is 6. The first-order valence-electron chi connectivity index (χ1n) is 7.29. The number of amides is 3. The Bertz CT molecular complexity index is 467. The SMILES string of the molecule is CC(NC(=O)CNC(=O)C(CS)NC(=O)C1CCCN1)C(=O)O. The zero-order valence-corrected chi connectivity index (χ0v) is 13.7. The van der Waals surface area contributed by atoms with Crippen LogP contribution in [0.5, 0.6) is 0 Å². The maximum atomic E-state index is 12.0. The fraction of sp³-hybridized carbons (Fsp3) is 0.692. The summed E-state index contributed by atoms with van der Waals surface area (Å²) < 4.78 is 0. The number of carbonyl (C=O) groups excluding carboxylic acids is 3. The van der Waals surface area contributed by atoms with Crippen molar-refractivity contribution in [1.82, 2.24) is 21.3 Å². The Balaban J connectivity index is 2.39. The van der Waals surface area contributed by atoms with Crippen molar-refractivity contribution in [2.45, 2.75) is 37.9 Å². The quantitative estimate of drug-likeness (QED) is 0.278. The highest BCUT2D eigenvalue weighted by molar-refractivity contribution is 7.80. The summed E-state index contributed by atoms with van der Waals surface area (Å²) in [6.45, 7) is 1.70. The fourth-order valence-corrected chi connectivity index (χ4v) is 2.28. The largest absolute Gasteiger partial charge is 0.480 e. The van der Waals surface area contributed by atoms with Gasteiger partial charge in [-0.3, -0.25) is 19.2 Å². The van der Waals surface area contributed by atoms with E-state index in [0.29, 0.717) is 6.42 Å². The third-order valence-electron chi connectivity index (χ3n) is 3.36. The molecule has 3 amide bonds. The molecule has 10 heteroatoms. The Labute approximate surface area is 139 Å². The highest BCUT2D eigenvalue weighted by Crippen LogP contribution is 2.05. The molecule has 0 saturated carbocycles. The van der Waals surface area contributed by atoms with Gasteiger partial charge in [0.1, 0.15) is 12.1 Å². The molecule has 0 aromatic heterocycles. The topological polar surface area (TPSA) is 137 Å². The Hall–Kier alpha value is -1.81. The van der Waals surface area contributed by atoms with Crippen molar-refractivity contribution in [3.63, 3.8) is 0 Å². The standard InChI is InChI=1S/C13H22N4O5S/c1-7(13(21)22)16-10(18)5-15-11(19)9(6-23)17-12(20)8-3-2-4-14-8/h7-9,14,23H,2-6H2,1H3,(H,15,19)(H,16,18)(H,17,20)(H,21,22). The molecular weight excluding hydrogens is 324 g/mol. The Morgan fingerprint density at radius 1 is 1.30 bits per heavy atom. The van der Waals surface area contributed by atoms with Gasteiger partial charge in [-0.05, 0) is 26.3 Å². The Morgan fingerprint density at radius 2 is 2.00 bits per heavy atom. The molecular formula is C13H22N4O5S. The van der Waals surface area contributed by atoms with E-state index in [2.05, 4.69) is 33.9 Å². The van der Waals surface area contributed by atoms with E-state index in [1.807, 2.05) is 0 Å². The van der Waals surface area contributed by atoms with Gasteiger partial charge in [-0.1, -0.05) is 0 Å². The van der Waals surface area contributed by atoms with Gasteiger partial charge in [0, 0.05) is 5.75 Å². The average molecular weight is 346 g/mol. The predicted molar refractivity (Wildman–Crippen MR) is 85.1 cm³/mol. The monoisotopic (exact) mass is 346 g/mol. The van der Waals surface area contributed by atoms with Crippen LogP contribution in [0.15, 0.2) is 0 Å². The molecule has 1 aliphatic rings. The highest BCUT2D eigenvalue weighted by atomic mass is 32.1. The van der Waals surface area contributed by atoms with Crippen LogP contribution in [0, 0.1) is 0 Å². The highest BCUT2D eigenvalue weighted by Gasteiger charge is 2.26. The number of aliphatic carboxylic acids is 1. The molecule has 0 radical (unpaired) electrons. The average Bonchev–Trinajstić information content (AvgIpc) is 3.04. The molecule has 23 heavy (non-hydrogen) atoms. The Kier molecular flexibility index (Phi) is 7.83. The summed E-state index contributed by atoms with van der Waals surface area (Å²) in [6.07, 6.45) is 1.61. The molecule has 1 aliphatic heterocycles. The van der Waals surface area contributed by atoms with E-state index < -0.39 is 29.9 Å². The molecule has 3 unspecified atom stereocenters. The summed E-state index contributed by atoms with van der Waals surface area (Å²) in [7, 11) is 0. The van der Waals surface area contributed by atoms with Gasteiger partial charge < -0.3 is 26.4 Å². The van der Waals surface area contributed by atoms with E-state index in [-0.39, 0.29) is 24.2 Å². The summed E-state index contributed by atoms with van der Waals surface area (Å²) in [6, 6.07) is -2.23. The summed E-state index contributed by atoms with van der Waals surface area (Å²) in [5.41, 5.74) is 0. The number of nitrogens with one attached hydrogen (secondary N) is 4. The summed E-state index contributed by atoms with van der Waals surface area (Å²) in [5.74, 6) is -2.55. The maximum Gasteiger partial charge on any atom is 0.325 e. The normalized spacial score (nSPS) is 19.5. The molecule has 130 valence electrons. The summed E-state index contributed by atoms with van der Waals surface area (Å²) in [5, 5.41) is 18.8. The lowest BCUT2D eigenvalue weighted by atomic mass is 10.2. The van der Waals surface area contributed by atoms with Gasteiger partial charge in [0.25, 0.3) is 0 Å². The molecule has 9 nitrogen and oxygen atoms in total. The van der Waals surface area contributed by atoms with Crippen LogP contribution in [0.1, 0.15) is 19.8 Å². The Morgan fingerprint density at radius 3 is 2.52 bits per heavy atom. The number of carboxylic acids is 1. The van der Waals surface area contributed by atoms with Crippen molar-refractivity contribution in [1.29, 1.82) is 0 Å². The molecule has 0 aromatic rings. The number of carbonyl (C=O) groups is 4. The lowest BCUT2D eigenvalue weighted by Gasteiger charge is -2.19. The van der Waals surface area contributed by atoms with Crippen molar-refractivity contribution >= 4 is 36.3 Å². The molecule has 3 atom stereocenters. The molecule has 1 rings (SSSR count). The van der Waals surface area contributed by atoms with Crippen molar-refractivity contribution in [2.24, 2.45) is 0 Å². The fourth-order valence-electron chi connectivity index (χ4n) is 2.02. The van der Waals surface area contributed by atoms with Crippen LogP contribution in [0.4, 0.5) is 0 Å². The maximum absolute atomic E-state index is 12.0. The lowest BCUT2D eigenvalue weighted by Crippen LogP contribution is -2.54. The van der Waals surface area contributed by atoms with Gasteiger partial charge >= 0.3 is 5.97 Å². The second-order valence-corrected chi connectivity index (χ2v) is 5.60. The third kappa shape index (κ3) is 6.45. The van der Waals surface area contributed by atoms with Crippen molar-refractivity contribution in [2.75, 3.05) is 18.8 Å². The second-order valence-electron chi connectivity index (χ2n) is 5.24. The van der Waals surface area contributed by atoms with E-state index in [9.17, 15) is 19.2 Å². The molecule has 0 spiro atoms. The number of thiol groups is 1. The van der Waals surface area contributed by atoms with Crippen LogP contribution in [0.3, 0.4) is 0 Å². The van der Waals surface area contributed by atoms with E-state index in [4.69, 9.17) is 5.11 Å². The van der Waals surface area contributed by atoms with Gasteiger partial charge in [0.15, 0.2) is 0 Å². The first kappa shape index (κ1) is 19.2.